The van der Waals surface area contributed by atoms with Crippen molar-refractivity contribution in [2.24, 2.45) is 5.92 Å². The third kappa shape index (κ3) is 3.01. The molecular formula is C15H20N2O3S. The van der Waals surface area contributed by atoms with E-state index in [2.05, 4.69) is 4.98 Å². The topological polar surface area (TPSA) is 51.7 Å². The first-order valence-corrected chi connectivity index (χ1v) is 8.56. The summed E-state index contributed by atoms with van der Waals surface area (Å²) in [5.74, 6) is 1.88. The molecule has 2 aliphatic heterocycles. The SMILES string of the molecule is CSCC(=O)N1CC2(C1)OCC[C@H]2COc1cccnc1. The van der Waals surface area contributed by atoms with Crippen molar-refractivity contribution >= 4 is 17.7 Å². The number of nitrogens with zero attached hydrogens (tertiary/aromatic N) is 2. The normalized spacial score (nSPS) is 23.1. The Labute approximate surface area is 129 Å². The highest BCUT2D eigenvalue weighted by Crippen LogP contribution is 2.40. The first-order chi connectivity index (χ1) is 10.2. The van der Waals surface area contributed by atoms with E-state index in [1.807, 2.05) is 23.3 Å². The van der Waals surface area contributed by atoms with Crippen molar-refractivity contribution in [2.75, 3.05) is 38.3 Å². The molecule has 3 rings (SSSR count). The van der Waals surface area contributed by atoms with Crippen LogP contribution in [0, 0.1) is 5.92 Å². The summed E-state index contributed by atoms with van der Waals surface area (Å²) in [6.07, 6.45) is 6.39. The Morgan fingerprint density at radius 2 is 2.48 bits per heavy atom. The molecule has 0 aromatic carbocycles. The van der Waals surface area contributed by atoms with E-state index in [0.29, 0.717) is 31.4 Å². The van der Waals surface area contributed by atoms with Gasteiger partial charge in [0.1, 0.15) is 11.4 Å². The van der Waals surface area contributed by atoms with Gasteiger partial charge in [-0.3, -0.25) is 9.78 Å². The van der Waals surface area contributed by atoms with Crippen molar-refractivity contribution in [1.82, 2.24) is 9.88 Å². The van der Waals surface area contributed by atoms with Gasteiger partial charge in [-0.25, -0.2) is 0 Å². The van der Waals surface area contributed by atoms with Crippen molar-refractivity contribution in [3.8, 4) is 5.75 Å². The summed E-state index contributed by atoms with van der Waals surface area (Å²) < 4.78 is 11.8. The minimum Gasteiger partial charge on any atom is -0.492 e. The fourth-order valence-electron chi connectivity index (χ4n) is 2.99. The fourth-order valence-corrected chi connectivity index (χ4v) is 3.42. The molecular weight excluding hydrogens is 288 g/mol. The number of hydrogen-bond donors (Lipinski definition) is 0. The van der Waals surface area contributed by atoms with E-state index in [-0.39, 0.29) is 11.5 Å². The van der Waals surface area contributed by atoms with Gasteiger partial charge in [-0.2, -0.15) is 11.8 Å². The highest BCUT2D eigenvalue weighted by Gasteiger charge is 2.54. The van der Waals surface area contributed by atoms with Crippen LogP contribution in [0.25, 0.3) is 0 Å². The standard InChI is InChI=1S/C15H20N2O3S/c1-21-9-14(18)17-10-15(11-17)12(4-6-20-15)8-19-13-3-2-5-16-7-13/h2-3,5,7,12H,4,6,8-11H2,1H3/t12-/m0/s1. The average Bonchev–Trinajstić information content (AvgIpc) is 2.88. The molecule has 3 heterocycles. The summed E-state index contributed by atoms with van der Waals surface area (Å²) in [6.45, 7) is 2.78. The lowest BCUT2D eigenvalue weighted by Crippen LogP contribution is -2.67. The van der Waals surface area contributed by atoms with Crippen molar-refractivity contribution in [3.05, 3.63) is 24.5 Å². The third-order valence-electron chi connectivity index (χ3n) is 4.22. The molecule has 2 aliphatic rings. The second-order valence-electron chi connectivity index (χ2n) is 5.58. The Morgan fingerprint density at radius 3 is 3.19 bits per heavy atom. The number of ether oxygens (including phenoxy) is 2. The van der Waals surface area contributed by atoms with E-state index in [4.69, 9.17) is 9.47 Å². The van der Waals surface area contributed by atoms with Crippen molar-refractivity contribution in [3.63, 3.8) is 0 Å². The van der Waals surface area contributed by atoms with E-state index in [9.17, 15) is 4.79 Å². The van der Waals surface area contributed by atoms with Crippen LogP contribution in [-0.2, 0) is 9.53 Å². The molecule has 21 heavy (non-hydrogen) atoms. The van der Waals surface area contributed by atoms with Crippen LogP contribution in [0.3, 0.4) is 0 Å². The molecule has 0 radical (unpaired) electrons. The van der Waals surface area contributed by atoms with Crippen molar-refractivity contribution < 1.29 is 14.3 Å². The van der Waals surface area contributed by atoms with E-state index >= 15 is 0 Å². The smallest absolute Gasteiger partial charge is 0.232 e. The quantitative estimate of drug-likeness (QED) is 0.824. The Hall–Kier alpha value is -1.27. The Kier molecular flexibility index (Phi) is 4.35. The monoisotopic (exact) mass is 308 g/mol. The number of rotatable bonds is 5. The molecule has 1 aromatic heterocycles. The second-order valence-corrected chi connectivity index (χ2v) is 6.45. The maximum absolute atomic E-state index is 11.9. The Morgan fingerprint density at radius 1 is 1.62 bits per heavy atom. The van der Waals surface area contributed by atoms with Gasteiger partial charge in [-0.1, -0.05) is 0 Å². The van der Waals surface area contributed by atoms with Crippen LogP contribution in [0.1, 0.15) is 6.42 Å². The lowest BCUT2D eigenvalue weighted by molar-refractivity contribution is -0.164. The Bertz CT molecular complexity index is 491. The predicted octanol–water partition coefficient (Wildman–Crippen LogP) is 1.44. The van der Waals surface area contributed by atoms with Crippen LogP contribution < -0.4 is 4.74 Å². The van der Waals surface area contributed by atoms with Gasteiger partial charge >= 0.3 is 0 Å². The number of aromatic nitrogens is 1. The largest absolute Gasteiger partial charge is 0.492 e. The highest BCUT2D eigenvalue weighted by molar-refractivity contribution is 7.99. The summed E-state index contributed by atoms with van der Waals surface area (Å²) in [6, 6.07) is 3.77. The van der Waals surface area contributed by atoms with Gasteiger partial charge in [0.05, 0.1) is 31.6 Å². The van der Waals surface area contributed by atoms with Gasteiger partial charge in [0.15, 0.2) is 0 Å². The molecule has 5 nitrogen and oxygen atoms in total. The molecule has 1 amide bonds. The van der Waals surface area contributed by atoms with Gasteiger partial charge < -0.3 is 14.4 Å². The second kappa shape index (κ2) is 6.23. The molecule has 6 heteroatoms. The minimum atomic E-state index is -0.184. The summed E-state index contributed by atoms with van der Waals surface area (Å²) in [5.41, 5.74) is -0.184. The molecule has 1 aromatic rings. The van der Waals surface area contributed by atoms with Crippen LogP contribution in [0.15, 0.2) is 24.5 Å². The van der Waals surface area contributed by atoms with Gasteiger partial charge in [0.25, 0.3) is 0 Å². The molecule has 0 aliphatic carbocycles. The molecule has 0 unspecified atom stereocenters. The zero-order valence-electron chi connectivity index (χ0n) is 12.2. The van der Waals surface area contributed by atoms with Crippen LogP contribution >= 0.6 is 11.8 Å². The molecule has 2 saturated heterocycles. The number of pyridine rings is 1. The maximum Gasteiger partial charge on any atom is 0.232 e. The molecule has 0 N–H and O–H groups in total. The zero-order valence-corrected chi connectivity index (χ0v) is 13.0. The van der Waals surface area contributed by atoms with E-state index in [1.165, 1.54) is 0 Å². The van der Waals surface area contributed by atoms with Crippen LogP contribution in [-0.4, -0.2) is 59.7 Å². The lowest BCUT2D eigenvalue weighted by Gasteiger charge is -2.50. The molecule has 1 atom stereocenters. The van der Waals surface area contributed by atoms with Crippen molar-refractivity contribution in [2.45, 2.75) is 12.0 Å². The zero-order chi connectivity index (χ0) is 14.7. The van der Waals surface area contributed by atoms with Gasteiger partial charge in [0.2, 0.25) is 5.91 Å². The number of amides is 1. The van der Waals surface area contributed by atoms with Crippen LogP contribution in [0.4, 0.5) is 0 Å². The minimum absolute atomic E-state index is 0.184. The molecule has 0 saturated carbocycles. The lowest BCUT2D eigenvalue weighted by atomic mass is 9.81. The number of hydrogen-bond acceptors (Lipinski definition) is 5. The number of carbonyl (C=O) groups excluding carboxylic acids is 1. The third-order valence-corrected chi connectivity index (χ3v) is 4.76. The van der Waals surface area contributed by atoms with Crippen molar-refractivity contribution in [1.29, 1.82) is 0 Å². The van der Waals surface area contributed by atoms with E-state index < -0.39 is 0 Å². The molecule has 1 spiro atoms. The first kappa shape index (κ1) is 14.7. The summed E-state index contributed by atoms with van der Waals surface area (Å²) in [5, 5.41) is 0. The molecule has 114 valence electrons. The summed E-state index contributed by atoms with van der Waals surface area (Å²) in [4.78, 5) is 17.8. The molecule has 0 bridgehead atoms. The fraction of sp³-hybridized carbons (Fsp3) is 0.600. The maximum atomic E-state index is 11.9. The first-order valence-electron chi connectivity index (χ1n) is 7.17. The number of likely N-dealkylation sites (tertiary alicyclic amines) is 1. The van der Waals surface area contributed by atoms with Crippen LogP contribution in [0.5, 0.6) is 5.75 Å². The number of carbonyl (C=O) groups is 1. The average molecular weight is 308 g/mol. The Balaban J connectivity index is 1.54. The highest BCUT2D eigenvalue weighted by atomic mass is 32.2. The van der Waals surface area contributed by atoms with Gasteiger partial charge in [0, 0.05) is 18.7 Å². The van der Waals surface area contributed by atoms with E-state index in [0.717, 1.165) is 18.8 Å². The van der Waals surface area contributed by atoms with Gasteiger partial charge in [-0.15, -0.1) is 0 Å². The molecule has 2 fully saturated rings. The number of thioether (sulfide) groups is 1. The summed E-state index contributed by atoms with van der Waals surface area (Å²) in [7, 11) is 0. The van der Waals surface area contributed by atoms with Crippen LogP contribution in [0.2, 0.25) is 0 Å². The summed E-state index contributed by atoms with van der Waals surface area (Å²) >= 11 is 1.56. The predicted molar refractivity (Wildman–Crippen MR) is 81.5 cm³/mol. The van der Waals surface area contributed by atoms with Gasteiger partial charge in [-0.05, 0) is 24.8 Å². The van der Waals surface area contributed by atoms with E-state index in [1.54, 1.807) is 24.2 Å².